The van der Waals surface area contributed by atoms with Gasteiger partial charge in [0.1, 0.15) is 0 Å². The van der Waals surface area contributed by atoms with Crippen LogP contribution >= 0.6 is 0 Å². The lowest BCUT2D eigenvalue weighted by molar-refractivity contribution is 0.310. The lowest BCUT2D eigenvalue weighted by Crippen LogP contribution is -2.16. The van der Waals surface area contributed by atoms with E-state index in [1.807, 2.05) is 0 Å². The molecule has 0 heteroatoms. The summed E-state index contributed by atoms with van der Waals surface area (Å²) in [7, 11) is 0. The van der Waals surface area contributed by atoms with E-state index in [4.69, 9.17) is 0 Å². The molecule has 2 atom stereocenters. The van der Waals surface area contributed by atoms with Gasteiger partial charge >= 0.3 is 0 Å². The van der Waals surface area contributed by atoms with Crippen molar-refractivity contribution in [1.82, 2.24) is 0 Å². The second-order valence-electron chi connectivity index (χ2n) is 14.0. The second-order valence-corrected chi connectivity index (χ2v) is 14.0. The zero-order valence-corrected chi connectivity index (χ0v) is 26.9. The van der Waals surface area contributed by atoms with Gasteiger partial charge in [0.25, 0.3) is 0 Å². The molecule has 0 aromatic heterocycles. The molecule has 0 aliphatic heterocycles. The van der Waals surface area contributed by atoms with Crippen LogP contribution in [0.2, 0.25) is 0 Å². The van der Waals surface area contributed by atoms with Gasteiger partial charge in [0.15, 0.2) is 0 Å². The highest BCUT2D eigenvalue weighted by Crippen LogP contribution is 2.37. The van der Waals surface area contributed by atoms with Crippen LogP contribution in [-0.4, -0.2) is 0 Å². The molecule has 0 amide bonds. The van der Waals surface area contributed by atoms with Crippen molar-refractivity contribution in [1.29, 1.82) is 0 Å². The minimum absolute atomic E-state index is 0.843. The average molecular weight is 499 g/mol. The van der Waals surface area contributed by atoms with Crippen molar-refractivity contribution < 1.29 is 0 Å². The van der Waals surface area contributed by atoms with Crippen molar-refractivity contribution in [3.63, 3.8) is 0 Å². The standard InChI is InChI=1S/3C12H22/c1-9(2)11-5-7-12(8-6-11)10(3)4;1-9(2)11-6-5-7-12(8-11)10(3)4;1-9(2)11-7-5-6-8-12(11)10(3)4/h3*9,11H,5-8H2,1-4H3. The Hall–Kier alpha value is -0.780. The molecule has 0 bridgehead atoms. The predicted molar refractivity (Wildman–Crippen MR) is 166 cm³/mol. The summed E-state index contributed by atoms with van der Waals surface area (Å²) in [6.45, 7) is 27.7. The molecule has 3 rings (SSSR count). The number of hydrogen-bond acceptors (Lipinski definition) is 0. The van der Waals surface area contributed by atoms with Crippen molar-refractivity contribution in [2.45, 2.75) is 160 Å². The molecule has 0 nitrogen and oxygen atoms in total. The van der Waals surface area contributed by atoms with Gasteiger partial charge in [0.2, 0.25) is 0 Å². The summed E-state index contributed by atoms with van der Waals surface area (Å²) in [5.41, 5.74) is 9.94. The van der Waals surface area contributed by atoms with Crippen LogP contribution in [-0.2, 0) is 0 Å². The van der Waals surface area contributed by atoms with E-state index in [0.717, 1.165) is 35.5 Å². The third-order valence-electron chi connectivity index (χ3n) is 9.60. The van der Waals surface area contributed by atoms with Gasteiger partial charge in [-0.25, -0.2) is 0 Å². The SMILES string of the molecule is CC(C)=C1CCC(C(C)C)CC1.CC(C)=C1CCCC(C(C)C)C1.CC(C)=C1CCCCC1C(C)C. The third kappa shape index (κ3) is 11.7. The first-order valence-corrected chi connectivity index (χ1v) is 15.8. The fourth-order valence-electron chi connectivity index (χ4n) is 6.67. The Balaban J connectivity index is 0.000000270. The highest BCUT2D eigenvalue weighted by Gasteiger charge is 2.22. The molecule has 2 unspecified atom stereocenters. The zero-order chi connectivity index (χ0) is 27.4. The summed E-state index contributed by atoms with van der Waals surface area (Å²) in [5, 5.41) is 0. The maximum absolute atomic E-state index is 2.36. The fourth-order valence-corrected chi connectivity index (χ4v) is 6.67. The molecule has 3 saturated carbocycles. The highest BCUT2D eigenvalue weighted by atomic mass is 14.3. The van der Waals surface area contributed by atoms with E-state index < -0.39 is 0 Å². The average Bonchev–Trinajstić information content (AvgIpc) is 2.84. The van der Waals surface area contributed by atoms with Gasteiger partial charge in [-0.05, 0) is 148 Å². The summed E-state index contributed by atoms with van der Waals surface area (Å²) in [4.78, 5) is 0. The van der Waals surface area contributed by atoms with E-state index in [0.29, 0.717) is 0 Å². The van der Waals surface area contributed by atoms with Crippen LogP contribution in [0.4, 0.5) is 0 Å². The molecule has 3 aliphatic rings. The Labute approximate surface area is 228 Å². The summed E-state index contributed by atoms with van der Waals surface area (Å²) in [5.74, 6) is 5.46. The molecule has 36 heavy (non-hydrogen) atoms. The Morgan fingerprint density at radius 1 is 0.500 bits per heavy atom. The Morgan fingerprint density at radius 2 is 1.06 bits per heavy atom. The summed E-state index contributed by atoms with van der Waals surface area (Å²) in [6.07, 6.45) is 16.9. The first kappa shape index (κ1) is 33.2. The van der Waals surface area contributed by atoms with Crippen LogP contribution in [0.25, 0.3) is 0 Å². The van der Waals surface area contributed by atoms with Gasteiger partial charge < -0.3 is 0 Å². The van der Waals surface area contributed by atoms with E-state index in [-0.39, 0.29) is 0 Å². The molecule has 0 aromatic carbocycles. The van der Waals surface area contributed by atoms with Gasteiger partial charge in [-0.1, -0.05) is 81.4 Å². The second kappa shape index (κ2) is 16.9. The summed E-state index contributed by atoms with van der Waals surface area (Å²) < 4.78 is 0. The number of allylic oxidation sites excluding steroid dienone is 6. The lowest BCUT2D eigenvalue weighted by atomic mass is 9.76. The molecular formula is C36H66. The molecule has 0 radical (unpaired) electrons. The molecule has 0 N–H and O–H groups in total. The van der Waals surface area contributed by atoms with E-state index >= 15 is 0 Å². The highest BCUT2D eigenvalue weighted by molar-refractivity contribution is 5.16. The number of rotatable bonds is 3. The topological polar surface area (TPSA) is 0 Å². The number of hydrogen-bond donors (Lipinski definition) is 0. The van der Waals surface area contributed by atoms with E-state index in [2.05, 4.69) is 83.1 Å². The van der Waals surface area contributed by atoms with Crippen molar-refractivity contribution in [3.8, 4) is 0 Å². The monoisotopic (exact) mass is 499 g/mol. The summed E-state index contributed by atoms with van der Waals surface area (Å²) >= 11 is 0. The van der Waals surface area contributed by atoms with Crippen LogP contribution in [0.15, 0.2) is 33.4 Å². The van der Waals surface area contributed by atoms with Crippen molar-refractivity contribution in [2.24, 2.45) is 35.5 Å². The Bertz CT molecular complexity index is 701. The van der Waals surface area contributed by atoms with E-state index in [9.17, 15) is 0 Å². The van der Waals surface area contributed by atoms with Crippen molar-refractivity contribution >= 4 is 0 Å². The molecular weight excluding hydrogens is 432 g/mol. The van der Waals surface area contributed by atoms with Crippen molar-refractivity contribution in [3.05, 3.63) is 33.4 Å². The molecule has 3 fully saturated rings. The Kier molecular flexibility index (Phi) is 15.6. The van der Waals surface area contributed by atoms with Gasteiger partial charge in [-0.2, -0.15) is 0 Å². The van der Waals surface area contributed by atoms with E-state index in [1.165, 1.54) is 77.0 Å². The largest absolute Gasteiger partial charge is 0.0772 e. The first-order chi connectivity index (χ1) is 16.8. The van der Waals surface area contributed by atoms with Crippen LogP contribution < -0.4 is 0 Å². The smallest absolute Gasteiger partial charge is 0.0178 e. The predicted octanol–water partition coefficient (Wildman–Crippen LogP) is 12.5. The molecule has 210 valence electrons. The molecule has 0 aromatic rings. The molecule has 0 saturated heterocycles. The molecule has 3 aliphatic carbocycles. The normalized spacial score (nSPS) is 24.8. The van der Waals surface area contributed by atoms with Crippen molar-refractivity contribution in [2.75, 3.05) is 0 Å². The maximum atomic E-state index is 2.36. The quantitative estimate of drug-likeness (QED) is 0.339. The van der Waals surface area contributed by atoms with Crippen LogP contribution in [0, 0.1) is 35.5 Å². The minimum atomic E-state index is 0.843. The van der Waals surface area contributed by atoms with Crippen LogP contribution in [0.5, 0.6) is 0 Å². The van der Waals surface area contributed by atoms with Gasteiger partial charge in [0.05, 0.1) is 0 Å². The van der Waals surface area contributed by atoms with Crippen LogP contribution in [0.1, 0.15) is 160 Å². The molecule has 0 spiro atoms. The minimum Gasteiger partial charge on any atom is -0.0772 e. The summed E-state index contributed by atoms with van der Waals surface area (Å²) in [6, 6.07) is 0. The first-order valence-electron chi connectivity index (χ1n) is 15.8. The van der Waals surface area contributed by atoms with Gasteiger partial charge in [-0.15, -0.1) is 0 Å². The maximum Gasteiger partial charge on any atom is -0.0178 e. The zero-order valence-electron chi connectivity index (χ0n) is 26.9. The van der Waals surface area contributed by atoms with E-state index in [1.54, 1.807) is 33.4 Å². The fraction of sp³-hybridized carbons (Fsp3) is 0.833. The molecule has 0 heterocycles. The van der Waals surface area contributed by atoms with Crippen LogP contribution in [0.3, 0.4) is 0 Å². The Morgan fingerprint density at radius 3 is 1.47 bits per heavy atom. The lowest BCUT2D eigenvalue weighted by Gasteiger charge is -2.30. The van der Waals surface area contributed by atoms with Gasteiger partial charge in [0, 0.05) is 0 Å². The van der Waals surface area contributed by atoms with Gasteiger partial charge in [-0.3, -0.25) is 0 Å². The third-order valence-corrected chi connectivity index (χ3v) is 9.60.